The minimum absolute atomic E-state index is 1.23. The van der Waals surface area contributed by atoms with Gasteiger partial charge >= 0.3 is 0 Å². The normalized spacial score (nSPS) is 14.2. The van der Waals surface area contributed by atoms with Crippen LogP contribution in [0, 0.1) is 0 Å². The molecule has 1 aliphatic carbocycles. The summed E-state index contributed by atoms with van der Waals surface area (Å²) >= 11 is 0. The Morgan fingerprint density at radius 1 is 0.650 bits per heavy atom. The van der Waals surface area contributed by atoms with Crippen LogP contribution in [0.3, 0.4) is 0 Å². The summed E-state index contributed by atoms with van der Waals surface area (Å²) in [6.07, 6.45) is 5.15. The second-order valence-electron chi connectivity index (χ2n) is 5.71. The van der Waals surface area contributed by atoms with Crippen molar-refractivity contribution in [2.75, 3.05) is 0 Å². The zero-order valence-corrected chi connectivity index (χ0v) is 11.6. The van der Waals surface area contributed by atoms with Gasteiger partial charge in [-0.25, -0.2) is 0 Å². The van der Waals surface area contributed by atoms with Gasteiger partial charge in [-0.3, -0.25) is 0 Å². The van der Waals surface area contributed by atoms with Gasteiger partial charge in [0.05, 0.1) is 0 Å². The van der Waals surface area contributed by atoms with Crippen LogP contribution >= 0.6 is 0 Å². The molecule has 4 rings (SSSR count). The fourth-order valence-electron chi connectivity index (χ4n) is 3.41. The number of aryl methyl sites for hydroxylation is 1. The van der Waals surface area contributed by atoms with Gasteiger partial charge < -0.3 is 0 Å². The zero-order valence-electron chi connectivity index (χ0n) is 11.6. The third kappa shape index (κ3) is 1.92. The summed E-state index contributed by atoms with van der Waals surface area (Å²) in [4.78, 5) is 0. The summed E-state index contributed by atoms with van der Waals surface area (Å²) in [6.45, 7) is 0. The highest BCUT2D eigenvalue weighted by Crippen LogP contribution is 2.32. The fraction of sp³-hybridized carbons (Fsp3) is 0.200. The van der Waals surface area contributed by atoms with Gasteiger partial charge in [0.25, 0.3) is 0 Å². The molecule has 3 aromatic rings. The minimum Gasteiger partial charge on any atom is -0.0616 e. The van der Waals surface area contributed by atoms with E-state index in [1.807, 2.05) is 0 Å². The Balaban J connectivity index is 1.90. The number of benzene rings is 3. The molecule has 0 aromatic heterocycles. The van der Waals surface area contributed by atoms with E-state index >= 15 is 0 Å². The van der Waals surface area contributed by atoms with Gasteiger partial charge in [-0.2, -0.15) is 0 Å². The summed E-state index contributed by atoms with van der Waals surface area (Å²) in [7, 11) is 0. The second-order valence-corrected chi connectivity index (χ2v) is 5.71. The Labute approximate surface area is 120 Å². The van der Waals surface area contributed by atoms with E-state index in [-0.39, 0.29) is 0 Å². The van der Waals surface area contributed by atoms with Crippen molar-refractivity contribution in [1.82, 2.24) is 0 Å². The first-order chi connectivity index (χ1) is 9.92. The molecule has 0 radical (unpaired) electrons. The summed E-state index contributed by atoms with van der Waals surface area (Å²) in [6, 6.07) is 22.3. The second kappa shape index (κ2) is 4.79. The maximum absolute atomic E-state index is 2.33. The third-order valence-electron chi connectivity index (χ3n) is 4.46. The molecular weight excluding hydrogens is 240 g/mol. The van der Waals surface area contributed by atoms with Crippen molar-refractivity contribution in [3.63, 3.8) is 0 Å². The van der Waals surface area contributed by atoms with E-state index in [1.54, 1.807) is 11.1 Å². The highest BCUT2D eigenvalue weighted by Gasteiger charge is 2.13. The molecule has 0 nitrogen and oxygen atoms in total. The van der Waals surface area contributed by atoms with E-state index in [9.17, 15) is 0 Å². The molecule has 0 bridgehead atoms. The summed E-state index contributed by atoms with van der Waals surface area (Å²) < 4.78 is 0. The van der Waals surface area contributed by atoms with Crippen LogP contribution in [0.5, 0.6) is 0 Å². The molecule has 0 heterocycles. The van der Waals surface area contributed by atoms with E-state index in [0.29, 0.717) is 0 Å². The van der Waals surface area contributed by atoms with Crippen molar-refractivity contribution < 1.29 is 0 Å². The predicted molar refractivity (Wildman–Crippen MR) is 86.0 cm³/mol. The molecule has 0 spiro atoms. The highest BCUT2D eigenvalue weighted by molar-refractivity contribution is 5.88. The Hall–Kier alpha value is -2.08. The van der Waals surface area contributed by atoms with Crippen molar-refractivity contribution in [3.8, 4) is 11.1 Å². The molecule has 1 aliphatic rings. The Bertz CT molecular complexity index is 768. The summed E-state index contributed by atoms with van der Waals surface area (Å²) in [5, 5.41) is 2.65. The van der Waals surface area contributed by atoms with Gasteiger partial charge in [-0.05, 0) is 64.8 Å². The molecule has 20 heavy (non-hydrogen) atoms. The van der Waals surface area contributed by atoms with Crippen molar-refractivity contribution >= 4 is 10.8 Å². The van der Waals surface area contributed by atoms with Gasteiger partial charge in [-0.15, -0.1) is 0 Å². The smallest absolute Gasteiger partial charge is 0.0149 e. The molecule has 3 aromatic carbocycles. The minimum atomic E-state index is 1.23. The largest absolute Gasteiger partial charge is 0.0616 e. The van der Waals surface area contributed by atoms with Crippen LogP contribution in [-0.4, -0.2) is 0 Å². The van der Waals surface area contributed by atoms with E-state index in [1.165, 1.54) is 47.6 Å². The highest BCUT2D eigenvalue weighted by atomic mass is 14.2. The molecule has 0 fully saturated rings. The molecule has 0 aliphatic heterocycles. The van der Waals surface area contributed by atoms with Crippen molar-refractivity contribution in [2.45, 2.75) is 25.7 Å². The van der Waals surface area contributed by atoms with Gasteiger partial charge in [0, 0.05) is 0 Å². The average Bonchev–Trinajstić information content (AvgIpc) is 2.54. The SMILES string of the molecule is c1cc2c(c(-c3ccc4ccccc4c3)c1)CCCC2. The topological polar surface area (TPSA) is 0 Å². The van der Waals surface area contributed by atoms with Crippen molar-refractivity contribution in [2.24, 2.45) is 0 Å². The van der Waals surface area contributed by atoms with Crippen LogP contribution in [0.4, 0.5) is 0 Å². The molecule has 0 atom stereocenters. The van der Waals surface area contributed by atoms with Crippen LogP contribution in [0.1, 0.15) is 24.0 Å². The lowest BCUT2D eigenvalue weighted by molar-refractivity contribution is 0.687. The Morgan fingerprint density at radius 2 is 1.50 bits per heavy atom. The van der Waals surface area contributed by atoms with Crippen LogP contribution < -0.4 is 0 Å². The van der Waals surface area contributed by atoms with Crippen molar-refractivity contribution in [3.05, 3.63) is 71.8 Å². The standard InChI is InChI=1S/C20H18/c1-2-8-17-14-18(13-12-15(17)6-1)20-11-5-9-16-7-3-4-10-19(16)20/h1-2,5-6,8-9,11-14H,3-4,7,10H2. The molecule has 98 valence electrons. The van der Waals surface area contributed by atoms with E-state index in [2.05, 4.69) is 60.7 Å². The number of hydrogen-bond donors (Lipinski definition) is 0. The summed E-state index contributed by atoms with van der Waals surface area (Å²) in [5.41, 5.74) is 5.94. The molecular formula is C20H18. The first kappa shape index (κ1) is 11.7. The fourth-order valence-corrected chi connectivity index (χ4v) is 3.41. The monoisotopic (exact) mass is 258 g/mol. The molecule has 0 amide bonds. The lowest BCUT2D eigenvalue weighted by Gasteiger charge is -2.19. The molecule has 0 N–H and O–H groups in total. The average molecular weight is 258 g/mol. The van der Waals surface area contributed by atoms with Crippen molar-refractivity contribution in [1.29, 1.82) is 0 Å². The first-order valence-electron chi connectivity index (χ1n) is 7.52. The Kier molecular flexibility index (Phi) is 2.81. The van der Waals surface area contributed by atoms with E-state index < -0.39 is 0 Å². The number of rotatable bonds is 1. The molecule has 0 saturated heterocycles. The van der Waals surface area contributed by atoms with E-state index in [0.717, 1.165) is 0 Å². The zero-order chi connectivity index (χ0) is 13.4. The molecule has 0 heteroatoms. The number of hydrogen-bond acceptors (Lipinski definition) is 0. The first-order valence-corrected chi connectivity index (χ1v) is 7.52. The lowest BCUT2D eigenvalue weighted by Crippen LogP contribution is -2.04. The van der Waals surface area contributed by atoms with Gasteiger partial charge in [0.15, 0.2) is 0 Å². The van der Waals surface area contributed by atoms with E-state index in [4.69, 9.17) is 0 Å². The van der Waals surface area contributed by atoms with Crippen LogP contribution in [0.15, 0.2) is 60.7 Å². The van der Waals surface area contributed by atoms with Crippen LogP contribution in [0.25, 0.3) is 21.9 Å². The lowest BCUT2D eigenvalue weighted by atomic mass is 9.85. The van der Waals surface area contributed by atoms with Gasteiger partial charge in [0.2, 0.25) is 0 Å². The van der Waals surface area contributed by atoms with Gasteiger partial charge in [0.1, 0.15) is 0 Å². The quantitative estimate of drug-likeness (QED) is 0.549. The van der Waals surface area contributed by atoms with Crippen LogP contribution in [0.2, 0.25) is 0 Å². The third-order valence-corrected chi connectivity index (χ3v) is 4.46. The molecule has 0 saturated carbocycles. The van der Waals surface area contributed by atoms with Gasteiger partial charge in [-0.1, -0.05) is 54.6 Å². The number of fused-ring (bicyclic) bond motifs is 2. The van der Waals surface area contributed by atoms with Crippen LogP contribution in [-0.2, 0) is 12.8 Å². The molecule has 0 unspecified atom stereocenters. The maximum atomic E-state index is 2.33. The Morgan fingerprint density at radius 3 is 2.45 bits per heavy atom. The predicted octanol–water partition coefficient (Wildman–Crippen LogP) is 5.39. The summed E-state index contributed by atoms with van der Waals surface area (Å²) in [5.74, 6) is 0. The maximum Gasteiger partial charge on any atom is -0.0149 e.